The summed E-state index contributed by atoms with van der Waals surface area (Å²) in [6.07, 6.45) is 1.80. The molecule has 0 aliphatic heterocycles. The van der Waals surface area contributed by atoms with E-state index < -0.39 is 5.97 Å². The molecule has 2 amide bonds. The van der Waals surface area contributed by atoms with Crippen LogP contribution in [0.15, 0.2) is 18.2 Å². The van der Waals surface area contributed by atoms with Gasteiger partial charge in [0.25, 0.3) is 0 Å². The van der Waals surface area contributed by atoms with Crippen molar-refractivity contribution in [1.29, 1.82) is 0 Å². The van der Waals surface area contributed by atoms with Crippen LogP contribution in [0.4, 0.5) is 10.5 Å². The number of amides is 2. The summed E-state index contributed by atoms with van der Waals surface area (Å²) in [5.74, 6) is -0.570. The molecule has 0 aliphatic rings. The molecule has 1 rings (SSSR count). The smallest absolute Gasteiger partial charge is 0.339 e. The molecule has 0 fully saturated rings. The van der Waals surface area contributed by atoms with Gasteiger partial charge in [0.05, 0.1) is 24.3 Å². The molecule has 2 N–H and O–H groups in total. The van der Waals surface area contributed by atoms with Gasteiger partial charge in [0.1, 0.15) is 0 Å². The lowest BCUT2D eigenvalue weighted by molar-refractivity contribution is 0.0601. The number of benzene rings is 1. The van der Waals surface area contributed by atoms with Gasteiger partial charge in [0.2, 0.25) is 0 Å². The number of aliphatic hydroxyl groups is 1. The van der Waals surface area contributed by atoms with Gasteiger partial charge < -0.3 is 20.1 Å². The number of hydrogen-bond donors (Lipinski definition) is 2. The van der Waals surface area contributed by atoms with E-state index in [4.69, 9.17) is 16.7 Å². The van der Waals surface area contributed by atoms with Gasteiger partial charge in [0.15, 0.2) is 0 Å². The molecule has 122 valence electrons. The summed E-state index contributed by atoms with van der Waals surface area (Å²) in [4.78, 5) is 25.3. The van der Waals surface area contributed by atoms with E-state index in [0.29, 0.717) is 12.2 Å². The van der Waals surface area contributed by atoms with E-state index in [-0.39, 0.29) is 29.8 Å². The van der Waals surface area contributed by atoms with E-state index >= 15 is 0 Å². The maximum Gasteiger partial charge on any atom is 0.339 e. The van der Waals surface area contributed by atoms with Crippen molar-refractivity contribution in [2.24, 2.45) is 0 Å². The standard InChI is InChI=1S/C15H21ClN2O4/c1-3-4-7-18(8-9-19)15(21)17-11-5-6-13(16)12(10-11)14(20)22-2/h5-6,10,19H,3-4,7-9H2,1-2H3,(H,17,21). The van der Waals surface area contributed by atoms with Crippen molar-refractivity contribution >= 4 is 29.3 Å². The molecule has 22 heavy (non-hydrogen) atoms. The first-order valence-corrected chi connectivity index (χ1v) is 7.45. The quantitative estimate of drug-likeness (QED) is 0.754. The number of unbranched alkanes of at least 4 members (excludes halogenated alkanes) is 1. The highest BCUT2D eigenvalue weighted by Crippen LogP contribution is 2.21. The van der Waals surface area contributed by atoms with Crippen LogP contribution < -0.4 is 5.32 Å². The second-order valence-corrected chi connectivity index (χ2v) is 5.09. The Labute approximate surface area is 135 Å². The zero-order chi connectivity index (χ0) is 16.5. The number of nitrogens with one attached hydrogen (secondary N) is 1. The normalized spacial score (nSPS) is 10.2. The first-order chi connectivity index (χ1) is 10.5. The molecule has 0 radical (unpaired) electrons. The van der Waals surface area contributed by atoms with Crippen LogP contribution in [0.3, 0.4) is 0 Å². The molecule has 0 bridgehead atoms. The minimum atomic E-state index is -0.570. The molecule has 0 spiro atoms. The van der Waals surface area contributed by atoms with E-state index in [0.717, 1.165) is 12.8 Å². The second kappa shape index (κ2) is 9.27. The van der Waals surface area contributed by atoms with E-state index in [1.165, 1.54) is 24.1 Å². The number of carbonyl (C=O) groups is 2. The number of anilines is 1. The largest absolute Gasteiger partial charge is 0.465 e. The molecule has 0 unspecified atom stereocenters. The van der Waals surface area contributed by atoms with Crippen LogP contribution in [-0.2, 0) is 4.74 Å². The molecular weight excluding hydrogens is 308 g/mol. The molecule has 0 aliphatic carbocycles. The Hall–Kier alpha value is -1.79. The Morgan fingerprint density at radius 1 is 1.36 bits per heavy atom. The monoisotopic (exact) mass is 328 g/mol. The lowest BCUT2D eigenvalue weighted by Crippen LogP contribution is -2.37. The Morgan fingerprint density at radius 2 is 2.09 bits per heavy atom. The maximum atomic E-state index is 12.2. The Morgan fingerprint density at radius 3 is 2.68 bits per heavy atom. The highest BCUT2D eigenvalue weighted by molar-refractivity contribution is 6.33. The van der Waals surface area contributed by atoms with Crippen molar-refractivity contribution in [2.45, 2.75) is 19.8 Å². The molecule has 0 atom stereocenters. The zero-order valence-electron chi connectivity index (χ0n) is 12.8. The van der Waals surface area contributed by atoms with Crippen LogP contribution in [0, 0.1) is 0 Å². The SMILES string of the molecule is CCCCN(CCO)C(=O)Nc1ccc(Cl)c(C(=O)OC)c1. The summed E-state index contributed by atoms with van der Waals surface area (Å²) in [6, 6.07) is 4.25. The predicted octanol–water partition coefficient (Wildman–Crippen LogP) is 2.75. The summed E-state index contributed by atoms with van der Waals surface area (Å²) >= 11 is 5.93. The van der Waals surface area contributed by atoms with Gasteiger partial charge in [-0.2, -0.15) is 0 Å². The van der Waals surface area contributed by atoms with Crippen molar-refractivity contribution in [3.05, 3.63) is 28.8 Å². The van der Waals surface area contributed by atoms with Crippen LogP contribution in [0.5, 0.6) is 0 Å². The van der Waals surface area contributed by atoms with Crippen molar-refractivity contribution in [3.8, 4) is 0 Å². The Kier molecular flexibility index (Phi) is 7.70. The fraction of sp³-hybridized carbons (Fsp3) is 0.467. The van der Waals surface area contributed by atoms with E-state index in [9.17, 15) is 9.59 Å². The fourth-order valence-electron chi connectivity index (χ4n) is 1.86. The predicted molar refractivity (Wildman–Crippen MR) is 85.4 cm³/mol. The molecule has 0 saturated heterocycles. The van der Waals surface area contributed by atoms with Gasteiger partial charge in [-0.1, -0.05) is 24.9 Å². The van der Waals surface area contributed by atoms with Crippen LogP contribution in [-0.4, -0.2) is 48.8 Å². The van der Waals surface area contributed by atoms with Gasteiger partial charge in [-0.05, 0) is 24.6 Å². The maximum absolute atomic E-state index is 12.2. The number of esters is 1. The van der Waals surface area contributed by atoms with E-state index in [1.807, 2.05) is 6.92 Å². The van der Waals surface area contributed by atoms with Crippen LogP contribution in [0.2, 0.25) is 5.02 Å². The fourth-order valence-corrected chi connectivity index (χ4v) is 2.05. The average Bonchev–Trinajstić information content (AvgIpc) is 2.52. The highest BCUT2D eigenvalue weighted by atomic mass is 35.5. The summed E-state index contributed by atoms with van der Waals surface area (Å²) in [7, 11) is 1.26. The summed E-state index contributed by atoms with van der Waals surface area (Å²) in [5.41, 5.74) is 0.624. The lowest BCUT2D eigenvalue weighted by Gasteiger charge is -2.22. The number of nitrogens with zero attached hydrogens (tertiary/aromatic N) is 1. The second-order valence-electron chi connectivity index (χ2n) is 4.68. The molecule has 1 aromatic carbocycles. The topological polar surface area (TPSA) is 78.9 Å². The first-order valence-electron chi connectivity index (χ1n) is 7.08. The van der Waals surface area contributed by atoms with Crippen molar-refractivity contribution < 1.29 is 19.4 Å². The number of rotatable bonds is 7. The number of carbonyl (C=O) groups excluding carboxylic acids is 2. The van der Waals surface area contributed by atoms with Crippen molar-refractivity contribution in [1.82, 2.24) is 4.90 Å². The third-order valence-corrected chi connectivity index (χ3v) is 3.39. The number of urea groups is 1. The molecule has 7 heteroatoms. The molecular formula is C15H21ClN2O4. The number of methoxy groups -OCH3 is 1. The minimum absolute atomic E-state index is 0.106. The lowest BCUT2D eigenvalue weighted by atomic mass is 10.2. The number of hydrogen-bond acceptors (Lipinski definition) is 4. The third-order valence-electron chi connectivity index (χ3n) is 3.06. The summed E-state index contributed by atoms with van der Waals surface area (Å²) in [5, 5.41) is 12.0. The van der Waals surface area contributed by atoms with Crippen molar-refractivity contribution in [2.75, 3.05) is 32.1 Å². The molecule has 0 heterocycles. The van der Waals surface area contributed by atoms with E-state index in [1.54, 1.807) is 6.07 Å². The van der Waals surface area contributed by atoms with Gasteiger partial charge in [-0.25, -0.2) is 9.59 Å². The molecule has 0 saturated carbocycles. The summed E-state index contributed by atoms with van der Waals surface area (Å²) in [6.45, 7) is 2.73. The third kappa shape index (κ3) is 5.20. The molecule has 1 aromatic rings. The average molecular weight is 329 g/mol. The van der Waals surface area contributed by atoms with Crippen LogP contribution in [0.25, 0.3) is 0 Å². The Balaban J connectivity index is 2.83. The highest BCUT2D eigenvalue weighted by Gasteiger charge is 2.15. The van der Waals surface area contributed by atoms with Crippen LogP contribution >= 0.6 is 11.6 Å². The van der Waals surface area contributed by atoms with E-state index in [2.05, 4.69) is 10.1 Å². The molecule has 0 aromatic heterocycles. The van der Waals surface area contributed by atoms with Gasteiger partial charge in [0, 0.05) is 18.8 Å². The minimum Gasteiger partial charge on any atom is -0.465 e. The van der Waals surface area contributed by atoms with Gasteiger partial charge >= 0.3 is 12.0 Å². The van der Waals surface area contributed by atoms with Crippen LogP contribution in [0.1, 0.15) is 30.1 Å². The van der Waals surface area contributed by atoms with Crippen molar-refractivity contribution in [3.63, 3.8) is 0 Å². The zero-order valence-corrected chi connectivity index (χ0v) is 13.5. The van der Waals surface area contributed by atoms with Gasteiger partial charge in [-0.3, -0.25) is 0 Å². The number of halogens is 1. The first kappa shape index (κ1) is 18.3. The Bertz CT molecular complexity index is 522. The van der Waals surface area contributed by atoms with Gasteiger partial charge in [-0.15, -0.1) is 0 Å². The summed E-state index contributed by atoms with van der Waals surface area (Å²) < 4.78 is 4.64. The number of aliphatic hydroxyl groups excluding tert-OH is 1. The molecule has 6 nitrogen and oxygen atoms in total. The number of ether oxygens (including phenoxy) is 1.